The fourth-order valence-corrected chi connectivity index (χ4v) is 1.41. The van der Waals surface area contributed by atoms with E-state index in [1.165, 1.54) is 0 Å². The Hall–Kier alpha value is -1.06. The van der Waals surface area contributed by atoms with Gasteiger partial charge in [0.1, 0.15) is 0 Å². The molecule has 2 unspecified atom stereocenters. The second kappa shape index (κ2) is 6.51. The van der Waals surface area contributed by atoms with E-state index in [1.54, 1.807) is 11.8 Å². The van der Waals surface area contributed by atoms with Crippen molar-refractivity contribution in [3.63, 3.8) is 0 Å². The zero-order chi connectivity index (χ0) is 12.9. The lowest BCUT2D eigenvalue weighted by Crippen LogP contribution is -2.44. The van der Waals surface area contributed by atoms with E-state index < -0.39 is 11.9 Å². The second-order valence-corrected chi connectivity index (χ2v) is 4.64. The van der Waals surface area contributed by atoms with E-state index in [9.17, 15) is 9.59 Å². The molecule has 0 heterocycles. The number of hydrogen-bond donors (Lipinski definition) is 1. The topological polar surface area (TPSA) is 57.6 Å². The Kier molecular flexibility index (Phi) is 6.08. The lowest BCUT2D eigenvalue weighted by molar-refractivity contribution is -0.144. The van der Waals surface area contributed by atoms with Crippen LogP contribution in [0.3, 0.4) is 0 Å². The molecule has 1 amide bonds. The maximum absolute atomic E-state index is 11.9. The average Bonchev–Trinajstić information content (AvgIpc) is 2.23. The van der Waals surface area contributed by atoms with Crippen molar-refractivity contribution in [2.24, 2.45) is 11.8 Å². The molecule has 0 fully saturated rings. The van der Waals surface area contributed by atoms with Crippen LogP contribution in [0.15, 0.2) is 0 Å². The van der Waals surface area contributed by atoms with Gasteiger partial charge >= 0.3 is 5.97 Å². The number of carbonyl (C=O) groups excluding carboxylic acids is 1. The number of rotatable bonds is 6. The van der Waals surface area contributed by atoms with E-state index >= 15 is 0 Å². The zero-order valence-electron chi connectivity index (χ0n) is 10.9. The monoisotopic (exact) mass is 229 g/mol. The molecule has 2 atom stereocenters. The molecule has 0 radical (unpaired) electrons. The van der Waals surface area contributed by atoms with Crippen LogP contribution in [0.25, 0.3) is 0 Å². The smallest absolute Gasteiger partial charge is 0.308 e. The summed E-state index contributed by atoms with van der Waals surface area (Å²) in [5.74, 6) is -1.43. The predicted octanol–water partition coefficient (Wildman–Crippen LogP) is 1.99. The van der Waals surface area contributed by atoms with Crippen LogP contribution in [0.4, 0.5) is 0 Å². The Morgan fingerprint density at radius 3 is 2.00 bits per heavy atom. The lowest BCUT2D eigenvalue weighted by Gasteiger charge is -2.31. The van der Waals surface area contributed by atoms with Gasteiger partial charge in [0, 0.05) is 18.5 Å². The van der Waals surface area contributed by atoms with E-state index in [4.69, 9.17) is 5.11 Å². The van der Waals surface area contributed by atoms with Crippen molar-refractivity contribution in [1.82, 2.24) is 4.90 Å². The minimum atomic E-state index is -0.857. The molecule has 0 aliphatic carbocycles. The first-order valence-electron chi connectivity index (χ1n) is 5.84. The summed E-state index contributed by atoms with van der Waals surface area (Å²) in [5.41, 5.74) is 0. The Morgan fingerprint density at radius 1 is 1.19 bits per heavy atom. The van der Waals surface area contributed by atoms with Crippen LogP contribution in [0.1, 0.15) is 41.0 Å². The lowest BCUT2D eigenvalue weighted by atomic mass is 10.1. The molecular weight excluding hydrogens is 206 g/mol. The van der Waals surface area contributed by atoms with Crippen molar-refractivity contribution >= 4 is 11.9 Å². The highest BCUT2D eigenvalue weighted by Crippen LogP contribution is 2.12. The summed E-state index contributed by atoms with van der Waals surface area (Å²) in [4.78, 5) is 24.4. The molecule has 0 aliphatic rings. The SMILES string of the molecule is CCC(C)N(CC(C)C(=O)O)C(=O)C(C)C. The third-order valence-corrected chi connectivity index (χ3v) is 2.79. The molecule has 0 aromatic rings. The van der Waals surface area contributed by atoms with Crippen LogP contribution in [-0.4, -0.2) is 34.5 Å². The van der Waals surface area contributed by atoms with Gasteiger partial charge in [0.2, 0.25) is 5.91 Å². The molecule has 94 valence electrons. The third-order valence-electron chi connectivity index (χ3n) is 2.79. The van der Waals surface area contributed by atoms with Crippen molar-refractivity contribution in [3.05, 3.63) is 0 Å². The molecule has 4 heteroatoms. The maximum atomic E-state index is 11.9. The summed E-state index contributed by atoms with van der Waals surface area (Å²) >= 11 is 0. The van der Waals surface area contributed by atoms with E-state index in [0.29, 0.717) is 6.54 Å². The zero-order valence-corrected chi connectivity index (χ0v) is 10.9. The Bertz CT molecular complexity index is 251. The summed E-state index contributed by atoms with van der Waals surface area (Å²) < 4.78 is 0. The van der Waals surface area contributed by atoms with E-state index in [-0.39, 0.29) is 17.9 Å². The molecular formula is C12H23NO3. The maximum Gasteiger partial charge on any atom is 0.308 e. The first-order chi connectivity index (χ1) is 7.31. The van der Waals surface area contributed by atoms with Gasteiger partial charge in [0.05, 0.1) is 5.92 Å². The summed E-state index contributed by atoms with van der Waals surface area (Å²) in [7, 11) is 0. The Morgan fingerprint density at radius 2 is 1.69 bits per heavy atom. The Balaban J connectivity index is 4.68. The van der Waals surface area contributed by atoms with Crippen molar-refractivity contribution < 1.29 is 14.7 Å². The molecule has 0 aliphatic heterocycles. The largest absolute Gasteiger partial charge is 0.481 e. The van der Waals surface area contributed by atoms with Crippen molar-refractivity contribution in [2.75, 3.05) is 6.54 Å². The standard InChI is InChI=1S/C12H23NO3/c1-6-10(5)13(11(14)8(2)3)7-9(4)12(15)16/h8-10H,6-7H2,1-5H3,(H,15,16). The van der Waals surface area contributed by atoms with Crippen LogP contribution >= 0.6 is 0 Å². The van der Waals surface area contributed by atoms with Crippen molar-refractivity contribution in [1.29, 1.82) is 0 Å². The van der Waals surface area contributed by atoms with Gasteiger partial charge in [-0.15, -0.1) is 0 Å². The van der Waals surface area contributed by atoms with E-state index in [2.05, 4.69) is 0 Å². The highest BCUT2D eigenvalue weighted by Gasteiger charge is 2.25. The molecule has 0 rings (SSSR count). The van der Waals surface area contributed by atoms with Crippen LogP contribution < -0.4 is 0 Å². The first kappa shape index (κ1) is 14.9. The highest BCUT2D eigenvalue weighted by molar-refractivity contribution is 5.79. The summed E-state index contributed by atoms with van der Waals surface area (Å²) in [5, 5.41) is 8.87. The number of carboxylic acids is 1. The van der Waals surface area contributed by atoms with Crippen molar-refractivity contribution in [2.45, 2.75) is 47.1 Å². The highest BCUT2D eigenvalue weighted by atomic mass is 16.4. The van der Waals surface area contributed by atoms with Gasteiger partial charge in [-0.2, -0.15) is 0 Å². The van der Waals surface area contributed by atoms with E-state index in [0.717, 1.165) is 6.42 Å². The van der Waals surface area contributed by atoms with Gasteiger partial charge < -0.3 is 10.0 Å². The fraction of sp³-hybridized carbons (Fsp3) is 0.833. The van der Waals surface area contributed by atoms with Gasteiger partial charge in [0.25, 0.3) is 0 Å². The Labute approximate surface area is 97.6 Å². The van der Waals surface area contributed by atoms with Crippen LogP contribution in [0.2, 0.25) is 0 Å². The molecule has 0 saturated heterocycles. The average molecular weight is 229 g/mol. The molecule has 0 bridgehead atoms. The van der Waals surface area contributed by atoms with Gasteiger partial charge in [-0.1, -0.05) is 27.7 Å². The molecule has 16 heavy (non-hydrogen) atoms. The third kappa shape index (κ3) is 4.21. The molecule has 1 N–H and O–H groups in total. The predicted molar refractivity (Wildman–Crippen MR) is 63.1 cm³/mol. The number of aliphatic carboxylic acids is 1. The molecule has 0 aromatic carbocycles. The van der Waals surface area contributed by atoms with Gasteiger partial charge in [0.15, 0.2) is 0 Å². The van der Waals surface area contributed by atoms with E-state index in [1.807, 2.05) is 27.7 Å². The molecule has 0 spiro atoms. The van der Waals surface area contributed by atoms with Crippen LogP contribution in [-0.2, 0) is 9.59 Å². The fourth-order valence-electron chi connectivity index (χ4n) is 1.41. The number of amides is 1. The summed E-state index contributed by atoms with van der Waals surface area (Å²) in [6, 6.07) is 0.0942. The minimum Gasteiger partial charge on any atom is -0.481 e. The normalized spacial score (nSPS) is 14.6. The second-order valence-electron chi connectivity index (χ2n) is 4.64. The number of nitrogens with zero attached hydrogens (tertiary/aromatic N) is 1. The number of carboxylic acid groups (broad SMARTS) is 1. The first-order valence-corrected chi connectivity index (χ1v) is 5.84. The number of hydrogen-bond acceptors (Lipinski definition) is 2. The minimum absolute atomic E-state index is 0.0300. The van der Waals surface area contributed by atoms with Crippen LogP contribution in [0, 0.1) is 11.8 Å². The quantitative estimate of drug-likeness (QED) is 0.757. The molecule has 0 saturated carbocycles. The summed E-state index contributed by atoms with van der Waals surface area (Å²) in [6.45, 7) is 9.55. The van der Waals surface area contributed by atoms with Crippen molar-refractivity contribution in [3.8, 4) is 0 Å². The molecule has 4 nitrogen and oxygen atoms in total. The summed E-state index contributed by atoms with van der Waals surface area (Å²) in [6.07, 6.45) is 0.838. The van der Waals surface area contributed by atoms with Gasteiger partial charge in [-0.3, -0.25) is 9.59 Å². The number of carbonyl (C=O) groups is 2. The van der Waals surface area contributed by atoms with Gasteiger partial charge in [-0.25, -0.2) is 0 Å². The molecule has 0 aromatic heterocycles. The van der Waals surface area contributed by atoms with Crippen LogP contribution in [0.5, 0.6) is 0 Å². The van der Waals surface area contributed by atoms with Gasteiger partial charge in [-0.05, 0) is 13.3 Å².